The molecular formula is C26H24FN3O. The first kappa shape index (κ1) is 19.5. The highest BCUT2D eigenvalue weighted by Crippen LogP contribution is 2.30. The number of hydrogen-bond acceptors (Lipinski definition) is 2. The Morgan fingerprint density at radius 1 is 0.968 bits per heavy atom. The molecule has 0 saturated heterocycles. The second-order valence-electron chi connectivity index (χ2n) is 8.07. The molecule has 1 heterocycles. The summed E-state index contributed by atoms with van der Waals surface area (Å²) in [6.07, 6.45) is 3.04. The van der Waals surface area contributed by atoms with Crippen LogP contribution in [-0.4, -0.2) is 26.4 Å². The van der Waals surface area contributed by atoms with Gasteiger partial charge in [0.2, 0.25) is 5.91 Å². The standard InChI is InChI=1S/C26H24FN3O/c27-20-12-10-19(11-13-20)18-29(21-14-15-21)26(31)17-16-25-28-23-8-4-5-9-24(23)30(25)22-6-2-1-3-7-22/h1-13,21H,14-18H2. The van der Waals surface area contributed by atoms with Gasteiger partial charge in [-0.05, 0) is 54.8 Å². The SMILES string of the molecule is O=C(CCc1nc2ccccc2n1-c1ccccc1)N(Cc1ccc(F)cc1)C1CC1. The summed E-state index contributed by atoms with van der Waals surface area (Å²) in [5.41, 5.74) is 3.97. The molecule has 1 aliphatic carbocycles. The molecular weight excluding hydrogens is 389 g/mol. The summed E-state index contributed by atoms with van der Waals surface area (Å²) in [6, 6.07) is 24.9. The minimum absolute atomic E-state index is 0.124. The van der Waals surface area contributed by atoms with Crippen LogP contribution in [0.4, 0.5) is 4.39 Å². The molecule has 1 saturated carbocycles. The monoisotopic (exact) mass is 413 g/mol. The normalized spacial score (nSPS) is 13.5. The number of aryl methyl sites for hydroxylation is 1. The van der Waals surface area contributed by atoms with Crippen molar-refractivity contribution in [3.8, 4) is 5.69 Å². The molecule has 0 N–H and O–H groups in total. The molecule has 156 valence electrons. The Morgan fingerprint density at radius 2 is 1.68 bits per heavy atom. The van der Waals surface area contributed by atoms with E-state index in [0.717, 1.165) is 41.0 Å². The maximum atomic E-state index is 13.2. The van der Waals surface area contributed by atoms with Gasteiger partial charge in [-0.25, -0.2) is 9.37 Å². The predicted octanol–water partition coefficient (Wildman–Crippen LogP) is 5.29. The van der Waals surface area contributed by atoms with Crippen LogP contribution in [0.25, 0.3) is 16.7 Å². The smallest absolute Gasteiger partial charge is 0.223 e. The maximum Gasteiger partial charge on any atom is 0.223 e. The lowest BCUT2D eigenvalue weighted by Crippen LogP contribution is -2.32. The van der Waals surface area contributed by atoms with E-state index < -0.39 is 0 Å². The van der Waals surface area contributed by atoms with Gasteiger partial charge in [0.1, 0.15) is 11.6 Å². The molecule has 0 atom stereocenters. The van der Waals surface area contributed by atoms with Crippen LogP contribution in [0.15, 0.2) is 78.9 Å². The number of para-hydroxylation sites is 3. The third kappa shape index (κ3) is 4.22. The number of halogens is 1. The van der Waals surface area contributed by atoms with Crippen LogP contribution in [0.1, 0.15) is 30.7 Å². The number of benzene rings is 3. The Bertz CT molecular complexity index is 1200. The van der Waals surface area contributed by atoms with Gasteiger partial charge < -0.3 is 4.90 Å². The summed E-state index contributed by atoms with van der Waals surface area (Å²) < 4.78 is 15.4. The Balaban J connectivity index is 1.37. The number of aromatic nitrogens is 2. The van der Waals surface area contributed by atoms with Crippen molar-refractivity contribution in [1.82, 2.24) is 14.5 Å². The highest BCUT2D eigenvalue weighted by molar-refractivity contribution is 5.79. The van der Waals surface area contributed by atoms with Gasteiger partial charge >= 0.3 is 0 Å². The molecule has 31 heavy (non-hydrogen) atoms. The number of carbonyl (C=O) groups excluding carboxylic acids is 1. The lowest BCUT2D eigenvalue weighted by molar-refractivity contribution is -0.132. The predicted molar refractivity (Wildman–Crippen MR) is 119 cm³/mol. The molecule has 1 aromatic heterocycles. The lowest BCUT2D eigenvalue weighted by Gasteiger charge is -2.23. The van der Waals surface area contributed by atoms with Crippen LogP contribution in [0, 0.1) is 5.82 Å². The maximum absolute atomic E-state index is 13.2. The van der Waals surface area contributed by atoms with Gasteiger partial charge in [0.25, 0.3) is 0 Å². The first-order chi connectivity index (χ1) is 15.2. The molecule has 4 nitrogen and oxygen atoms in total. The van der Waals surface area contributed by atoms with Crippen LogP contribution in [-0.2, 0) is 17.8 Å². The summed E-state index contributed by atoms with van der Waals surface area (Å²) in [5.74, 6) is 0.754. The minimum atomic E-state index is -0.257. The molecule has 0 unspecified atom stereocenters. The second-order valence-corrected chi connectivity index (χ2v) is 8.07. The third-order valence-electron chi connectivity index (χ3n) is 5.78. The number of fused-ring (bicyclic) bond motifs is 1. The van der Waals surface area contributed by atoms with Crippen molar-refractivity contribution in [2.45, 2.75) is 38.3 Å². The van der Waals surface area contributed by atoms with E-state index in [1.165, 1.54) is 12.1 Å². The molecule has 4 aromatic rings. The summed E-state index contributed by atoms with van der Waals surface area (Å²) in [6.45, 7) is 0.527. The quantitative estimate of drug-likeness (QED) is 0.413. The molecule has 0 radical (unpaired) electrons. The second kappa shape index (κ2) is 8.34. The van der Waals surface area contributed by atoms with Gasteiger partial charge in [0, 0.05) is 31.1 Å². The van der Waals surface area contributed by atoms with E-state index in [9.17, 15) is 9.18 Å². The number of nitrogens with zero attached hydrogens (tertiary/aromatic N) is 3. The summed E-state index contributed by atoms with van der Waals surface area (Å²) in [4.78, 5) is 19.9. The van der Waals surface area contributed by atoms with Crippen LogP contribution in [0.3, 0.4) is 0 Å². The van der Waals surface area contributed by atoms with Gasteiger partial charge in [-0.1, -0.05) is 42.5 Å². The summed E-state index contributed by atoms with van der Waals surface area (Å²) in [5, 5.41) is 0. The Hall–Kier alpha value is -3.47. The van der Waals surface area contributed by atoms with E-state index in [0.29, 0.717) is 25.4 Å². The molecule has 1 fully saturated rings. The lowest BCUT2D eigenvalue weighted by atomic mass is 10.2. The number of rotatable bonds is 7. The Labute approximate surface area is 181 Å². The number of hydrogen-bond donors (Lipinski definition) is 0. The van der Waals surface area contributed by atoms with Crippen LogP contribution >= 0.6 is 0 Å². The molecule has 5 rings (SSSR count). The molecule has 0 bridgehead atoms. The van der Waals surface area contributed by atoms with Crippen molar-refractivity contribution in [3.63, 3.8) is 0 Å². The van der Waals surface area contributed by atoms with E-state index in [4.69, 9.17) is 4.98 Å². The van der Waals surface area contributed by atoms with Crippen molar-refractivity contribution < 1.29 is 9.18 Å². The fraction of sp³-hybridized carbons (Fsp3) is 0.231. The molecule has 3 aromatic carbocycles. The van der Waals surface area contributed by atoms with Gasteiger partial charge in [0.05, 0.1) is 11.0 Å². The average molecular weight is 413 g/mol. The van der Waals surface area contributed by atoms with Crippen LogP contribution in [0.5, 0.6) is 0 Å². The topological polar surface area (TPSA) is 38.1 Å². The van der Waals surface area contributed by atoms with Gasteiger partial charge in [0.15, 0.2) is 0 Å². The van der Waals surface area contributed by atoms with Crippen molar-refractivity contribution in [1.29, 1.82) is 0 Å². The van der Waals surface area contributed by atoms with Crippen molar-refractivity contribution in [3.05, 3.63) is 96.1 Å². The molecule has 1 amide bonds. The van der Waals surface area contributed by atoms with E-state index in [-0.39, 0.29) is 11.7 Å². The van der Waals surface area contributed by atoms with E-state index >= 15 is 0 Å². The molecule has 5 heteroatoms. The molecule has 0 aliphatic heterocycles. The largest absolute Gasteiger partial charge is 0.335 e. The average Bonchev–Trinajstić information content (AvgIpc) is 3.57. The van der Waals surface area contributed by atoms with Gasteiger partial charge in [-0.3, -0.25) is 9.36 Å². The van der Waals surface area contributed by atoms with E-state index in [1.807, 2.05) is 41.3 Å². The summed E-state index contributed by atoms with van der Waals surface area (Å²) >= 11 is 0. The molecule has 1 aliphatic rings. The van der Waals surface area contributed by atoms with Crippen molar-refractivity contribution in [2.24, 2.45) is 0 Å². The fourth-order valence-corrected chi connectivity index (χ4v) is 4.06. The van der Waals surface area contributed by atoms with Crippen molar-refractivity contribution >= 4 is 16.9 Å². The van der Waals surface area contributed by atoms with Crippen LogP contribution in [0.2, 0.25) is 0 Å². The molecule has 0 spiro atoms. The number of imidazole rings is 1. The minimum Gasteiger partial charge on any atom is -0.335 e. The van der Waals surface area contributed by atoms with E-state index in [1.54, 1.807) is 12.1 Å². The highest BCUT2D eigenvalue weighted by Gasteiger charge is 2.32. The Kier molecular flexibility index (Phi) is 5.24. The zero-order valence-electron chi connectivity index (χ0n) is 17.2. The zero-order chi connectivity index (χ0) is 21.2. The van der Waals surface area contributed by atoms with Crippen LogP contribution < -0.4 is 0 Å². The first-order valence-corrected chi connectivity index (χ1v) is 10.7. The number of amides is 1. The van der Waals surface area contributed by atoms with Gasteiger partial charge in [-0.2, -0.15) is 0 Å². The van der Waals surface area contributed by atoms with E-state index in [2.05, 4.69) is 22.8 Å². The number of carbonyl (C=O) groups is 1. The fourth-order valence-electron chi connectivity index (χ4n) is 4.06. The van der Waals surface area contributed by atoms with Gasteiger partial charge in [-0.15, -0.1) is 0 Å². The Morgan fingerprint density at radius 3 is 2.42 bits per heavy atom. The summed E-state index contributed by atoms with van der Waals surface area (Å²) in [7, 11) is 0. The third-order valence-corrected chi connectivity index (χ3v) is 5.78. The zero-order valence-corrected chi connectivity index (χ0v) is 17.2. The van der Waals surface area contributed by atoms with Crippen molar-refractivity contribution in [2.75, 3.05) is 0 Å². The first-order valence-electron chi connectivity index (χ1n) is 10.7. The highest BCUT2D eigenvalue weighted by atomic mass is 19.1.